The minimum absolute atomic E-state index is 0.252. The monoisotopic (exact) mass is 248 g/mol. The van der Waals surface area contributed by atoms with Gasteiger partial charge in [-0.1, -0.05) is 17.0 Å². The first-order valence-electron chi connectivity index (χ1n) is 4.92. The first kappa shape index (κ1) is 13.5. The van der Waals surface area contributed by atoms with E-state index in [0.717, 1.165) is 7.11 Å². The Labute approximate surface area is 102 Å². The summed E-state index contributed by atoms with van der Waals surface area (Å²) < 4.78 is 17.6. The SMILES string of the molecule is COC(=O)c1cc(C#CCCN=[N+]=[N-])cnc1F. The molecule has 0 aliphatic carbocycles. The van der Waals surface area contributed by atoms with Crippen molar-refractivity contribution in [1.82, 2.24) is 4.98 Å². The third kappa shape index (κ3) is 3.77. The zero-order valence-corrected chi connectivity index (χ0v) is 9.55. The van der Waals surface area contributed by atoms with E-state index >= 15 is 0 Å². The predicted molar refractivity (Wildman–Crippen MR) is 61.0 cm³/mol. The van der Waals surface area contributed by atoms with Gasteiger partial charge >= 0.3 is 5.97 Å². The van der Waals surface area contributed by atoms with Crippen molar-refractivity contribution in [2.75, 3.05) is 13.7 Å². The Hall–Kier alpha value is -2.58. The van der Waals surface area contributed by atoms with Gasteiger partial charge in [-0.2, -0.15) is 4.39 Å². The Morgan fingerprint density at radius 1 is 1.72 bits per heavy atom. The molecule has 0 aliphatic heterocycles. The molecule has 1 rings (SSSR count). The first-order valence-corrected chi connectivity index (χ1v) is 4.92. The second-order valence-corrected chi connectivity index (χ2v) is 3.06. The quantitative estimate of drug-likeness (QED) is 0.156. The fraction of sp³-hybridized carbons (Fsp3) is 0.273. The van der Waals surface area contributed by atoms with Crippen LogP contribution in [0.5, 0.6) is 0 Å². The van der Waals surface area contributed by atoms with Gasteiger partial charge in [0.2, 0.25) is 5.95 Å². The fourth-order valence-electron chi connectivity index (χ4n) is 1.08. The number of pyridine rings is 1. The molecule has 1 aromatic heterocycles. The second-order valence-electron chi connectivity index (χ2n) is 3.06. The third-order valence-electron chi connectivity index (χ3n) is 1.88. The lowest BCUT2D eigenvalue weighted by atomic mass is 10.2. The Kier molecular flexibility index (Phi) is 5.16. The number of methoxy groups -OCH3 is 1. The lowest BCUT2D eigenvalue weighted by Crippen LogP contribution is -2.06. The van der Waals surface area contributed by atoms with Crippen molar-refractivity contribution in [3.05, 3.63) is 39.8 Å². The van der Waals surface area contributed by atoms with E-state index in [1.807, 2.05) is 0 Å². The number of hydrogen-bond acceptors (Lipinski definition) is 4. The van der Waals surface area contributed by atoms with Crippen molar-refractivity contribution in [1.29, 1.82) is 0 Å². The van der Waals surface area contributed by atoms with Crippen LogP contribution in [0.2, 0.25) is 0 Å². The molecule has 6 nitrogen and oxygen atoms in total. The molecule has 0 fully saturated rings. The summed E-state index contributed by atoms with van der Waals surface area (Å²) in [5, 5.41) is 3.30. The number of carbonyl (C=O) groups excluding carboxylic acids is 1. The molecule has 18 heavy (non-hydrogen) atoms. The van der Waals surface area contributed by atoms with E-state index in [9.17, 15) is 9.18 Å². The smallest absolute Gasteiger partial charge is 0.342 e. The van der Waals surface area contributed by atoms with Gasteiger partial charge < -0.3 is 4.74 Å². The molecular formula is C11H9FN4O2. The van der Waals surface area contributed by atoms with Crippen LogP contribution < -0.4 is 0 Å². The molecule has 0 unspecified atom stereocenters. The van der Waals surface area contributed by atoms with E-state index in [0.29, 0.717) is 12.0 Å². The van der Waals surface area contributed by atoms with Crippen molar-refractivity contribution < 1.29 is 13.9 Å². The van der Waals surface area contributed by atoms with Crippen LogP contribution >= 0.6 is 0 Å². The number of aromatic nitrogens is 1. The maximum Gasteiger partial charge on any atom is 0.342 e. The van der Waals surface area contributed by atoms with E-state index in [-0.39, 0.29) is 12.1 Å². The molecular weight excluding hydrogens is 239 g/mol. The van der Waals surface area contributed by atoms with Crippen molar-refractivity contribution in [2.24, 2.45) is 5.11 Å². The summed E-state index contributed by atoms with van der Waals surface area (Å²) >= 11 is 0. The van der Waals surface area contributed by atoms with Crippen LogP contribution in [0.15, 0.2) is 17.4 Å². The van der Waals surface area contributed by atoms with E-state index in [4.69, 9.17) is 5.53 Å². The number of azide groups is 1. The summed E-state index contributed by atoms with van der Waals surface area (Å²) in [4.78, 5) is 17.2. The van der Waals surface area contributed by atoms with E-state index in [2.05, 4.69) is 31.6 Å². The molecule has 1 heterocycles. The van der Waals surface area contributed by atoms with Gasteiger partial charge in [0.25, 0.3) is 0 Å². The fourth-order valence-corrected chi connectivity index (χ4v) is 1.08. The number of esters is 1. The van der Waals surface area contributed by atoms with E-state index in [1.54, 1.807) is 0 Å². The molecule has 7 heteroatoms. The Morgan fingerprint density at radius 2 is 2.50 bits per heavy atom. The highest BCUT2D eigenvalue weighted by atomic mass is 19.1. The standard InChI is InChI=1S/C11H9FN4O2/c1-18-11(17)9-6-8(7-14-10(9)12)4-2-3-5-15-16-13/h6-7H,3,5H2,1H3. The molecule has 1 aromatic rings. The highest BCUT2D eigenvalue weighted by Crippen LogP contribution is 2.08. The normalized spacial score (nSPS) is 8.78. The number of nitrogens with zero attached hydrogens (tertiary/aromatic N) is 4. The molecule has 0 aromatic carbocycles. The summed E-state index contributed by atoms with van der Waals surface area (Å²) in [7, 11) is 1.15. The molecule has 0 atom stereocenters. The van der Waals surface area contributed by atoms with Crippen molar-refractivity contribution in [3.63, 3.8) is 0 Å². The summed E-state index contributed by atoms with van der Waals surface area (Å²) in [5.74, 6) is 3.68. The maximum absolute atomic E-state index is 13.2. The molecule has 0 amide bonds. The topological polar surface area (TPSA) is 88.0 Å². The lowest BCUT2D eigenvalue weighted by molar-refractivity contribution is 0.0594. The minimum Gasteiger partial charge on any atom is -0.465 e. The van der Waals surface area contributed by atoms with Gasteiger partial charge in [-0.25, -0.2) is 9.78 Å². The number of hydrogen-bond donors (Lipinski definition) is 0. The van der Waals surface area contributed by atoms with Crippen LogP contribution in [0.3, 0.4) is 0 Å². The predicted octanol–water partition coefficient (Wildman–Crippen LogP) is 2.06. The Morgan fingerprint density at radius 3 is 3.17 bits per heavy atom. The number of rotatable bonds is 3. The summed E-state index contributed by atoms with van der Waals surface area (Å²) in [6.07, 6.45) is 1.58. The van der Waals surface area contributed by atoms with E-state index in [1.165, 1.54) is 12.3 Å². The highest BCUT2D eigenvalue weighted by Gasteiger charge is 2.13. The summed E-state index contributed by atoms with van der Waals surface area (Å²) in [5.41, 5.74) is 8.17. The van der Waals surface area contributed by atoms with Crippen LogP contribution in [0.1, 0.15) is 22.3 Å². The van der Waals surface area contributed by atoms with Crippen molar-refractivity contribution in [2.45, 2.75) is 6.42 Å². The molecule has 0 spiro atoms. The van der Waals surface area contributed by atoms with Gasteiger partial charge in [0, 0.05) is 29.6 Å². The Balaban J connectivity index is 2.84. The molecule has 0 bridgehead atoms. The molecule has 92 valence electrons. The van der Waals surface area contributed by atoms with Crippen LogP contribution in [0.25, 0.3) is 10.4 Å². The summed E-state index contributed by atoms with van der Waals surface area (Å²) in [6, 6.07) is 1.26. The average Bonchev–Trinajstić information content (AvgIpc) is 2.39. The van der Waals surface area contributed by atoms with Gasteiger partial charge in [0.15, 0.2) is 0 Å². The van der Waals surface area contributed by atoms with Gasteiger partial charge in [-0.3, -0.25) is 0 Å². The number of carbonyl (C=O) groups is 1. The molecule has 0 N–H and O–H groups in total. The summed E-state index contributed by atoms with van der Waals surface area (Å²) in [6.45, 7) is 0.252. The van der Waals surface area contributed by atoms with Crippen LogP contribution in [-0.2, 0) is 4.74 Å². The third-order valence-corrected chi connectivity index (χ3v) is 1.88. The zero-order chi connectivity index (χ0) is 13.4. The zero-order valence-electron chi connectivity index (χ0n) is 9.55. The van der Waals surface area contributed by atoms with Crippen molar-refractivity contribution >= 4 is 5.97 Å². The lowest BCUT2D eigenvalue weighted by Gasteiger charge is -2.00. The molecule has 0 radical (unpaired) electrons. The van der Waals surface area contributed by atoms with Gasteiger partial charge in [0.05, 0.1) is 7.11 Å². The van der Waals surface area contributed by atoms with Gasteiger partial charge in [-0.05, 0) is 11.6 Å². The average molecular weight is 248 g/mol. The van der Waals surface area contributed by atoms with Crippen LogP contribution in [0, 0.1) is 17.8 Å². The molecule has 0 aliphatic rings. The minimum atomic E-state index is -0.901. The second kappa shape index (κ2) is 6.89. The first-order chi connectivity index (χ1) is 8.69. The van der Waals surface area contributed by atoms with Crippen molar-refractivity contribution in [3.8, 4) is 11.8 Å². The maximum atomic E-state index is 13.2. The molecule has 0 saturated heterocycles. The molecule has 0 saturated carbocycles. The largest absolute Gasteiger partial charge is 0.465 e. The van der Waals surface area contributed by atoms with Crippen LogP contribution in [0.4, 0.5) is 4.39 Å². The van der Waals surface area contributed by atoms with Gasteiger partial charge in [0.1, 0.15) is 5.56 Å². The number of halogens is 1. The van der Waals surface area contributed by atoms with Crippen LogP contribution in [-0.4, -0.2) is 24.6 Å². The number of ether oxygens (including phenoxy) is 1. The highest BCUT2D eigenvalue weighted by molar-refractivity contribution is 5.89. The Bertz CT molecular complexity index is 556. The van der Waals surface area contributed by atoms with E-state index < -0.39 is 11.9 Å². The van der Waals surface area contributed by atoms with Gasteiger partial charge in [-0.15, -0.1) is 0 Å².